The maximum atomic E-state index is 13.8. The SMILES string of the molecule is CCOc1ccc(/C=c2\sc3n(c2=O)C(c2ccc(C(C)C)cc2)C(C(=O)OC)=C(C)N=3)cc1OCC. The van der Waals surface area contributed by atoms with Crippen LogP contribution in [-0.2, 0) is 9.53 Å². The molecule has 0 bridgehead atoms. The average Bonchev–Trinajstić information content (AvgIpc) is 3.18. The van der Waals surface area contributed by atoms with Crippen molar-refractivity contribution in [3.8, 4) is 11.5 Å². The summed E-state index contributed by atoms with van der Waals surface area (Å²) < 4.78 is 18.6. The summed E-state index contributed by atoms with van der Waals surface area (Å²) >= 11 is 1.29. The fourth-order valence-corrected chi connectivity index (χ4v) is 5.43. The number of allylic oxidation sites excluding steroid dienone is 1. The van der Waals surface area contributed by atoms with Gasteiger partial charge in [-0.2, -0.15) is 0 Å². The number of methoxy groups -OCH3 is 1. The fraction of sp³-hybridized carbons (Fsp3) is 0.345. The Morgan fingerprint density at radius 1 is 1.08 bits per heavy atom. The second-order valence-corrected chi connectivity index (χ2v) is 9.98. The molecule has 3 aromatic rings. The summed E-state index contributed by atoms with van der Waals surface area (Å²) in [5.74, 6) is 1.15. The summed E-state index contributed by atoms with van der Waals surface area (Å²) in [5.41, 5.74) is 3.49. The van der Waals surface area contributed by atoms with Gasteiger partial charge in [-0.05, 0) is 61.6 Å². The lowest BCUT2D eigenvalue weighted by Gasteiger charge is -2.24. The number of hydrogen-bond donors (Lipinski definition) is 0. The zero-order valence-electron chi connectivity index (χ0n) is 22.0. The molecule has 0 saturated carbocycles. The van der Waals surface area contributed by atoms with Crippen LogP contribution in [0.3, 0.4) is 0 Å². The molecule has 8 heteroatoms. The predicted molar refractivity (Wildman–Crippen MR) is 145 cm³/mol. The summed E-state index contributed by atoms with van der Waals surface area (Å²) in [7, 11) is 1.34. The molecule has 0 radical (unpaired) electrons. The van der Waals surface area contributed by atoms with Gasteiger partial charge in [-0.1, -0.05) is 55.5 Å². The molecule has 1 unspecified atom stereocenters. The summed E-state index contributed by atoms with van der Waals surface area (Å²) in [6.45, 7) is 10.9. The van der Waals surface area contributed by atoms with E-state index in [1.165, 1.54) is 24.0 Å². The minimum atomic E-state index is -0.633. The van der Waals surface area contributed by atoms with Crippen molar-refractivity contribution in [1.29, 1.82) is 0 Å². The second-order valence-electron chi connectivity index (χ2n) is 8.97. The Labute approximate surface area is 220 Å². The summed E-state index contributed by atoms with van der Waals surface area (Å²) in [6.07, 6.45) is 1.82. The number of ether oxygens (including phenoxy) is 3. The van der Waals surface area contributed by atoms with Gasteiger partial charge in [0.2, 0.25) is 0 Å². The van der Waals surface area contributed by atoms with E-state index in [1.807, 2.05) is 62.4 Å². The van der Waals surface area contributed by atoms with E-state index in [4.69, 9.17) is 14.2 Å². The van der Waals surface area contributed by atoms with Crippen LogP contribution in [0.4, 0.5) is 0 Å². The van der Waals surface area contributed by atoms with E-state index in [0.29, 0.717) is 51.2 Å². The van der Waals surface area contributed by atoms with Crippen molar-refractivity contribution in [2.45, 2.75) is 46.6 Å². The smallest absolute Gasteiger partial charge is 0.338 e. The van der Waals surface area contributed by atoms with Gasteiger partial charge >= 0.3 is 5.97 Å². The van der Waals surface area contributed by atoms with Crippen molar-refractivity contribution in [3.05, 3.63) is 90.1 Å². The maximum absolute atomic E-state index is 13.8. The van der Waals surface area contributed by atoms with Gasteiger partial charge in [0, 0.05) is 0 Å². The quantitative estimate of drug-likeness (QED) is 0.413. The molecule has 0 fully saturated rings. The van der Waals surface area contributed by atoms with Crippen LogP contribution in [0.2, 0.25) is 0 Å². The summed E-state index contributed by atoms with van der Waals surface area (Å²) in [5, 5.41) is 0. The van der Waals surface area contributed by atoms with Crippen molar-refractivity contribution in [2.75, 3.05) is 20.3 Å². The Hall–Kier alpha value is -3.65. The third-order valence-electron chi connectivity index (χ3n) is 6.21. The third kappa shape index (κ3) is 5.25. The van der Waals surface area contributed by atoms with Crippen LogP contribution < -0.4 is 24.4 Å². The highest BCUT2D eigenvalue weighted by atomic mass is 32.1. The lowest BCUT2D eigenvalue weighted by atomic mass is 9.93. The Morgan fingerprint density at radius 3 is 2.38 bits per heavy atom. The minimum Gasteiger partial charge on any atom is -0.490 e. The van der Waals surface area contributed by atoms with E-state index in [2.05, 4.69) is 18.8 Å². The van der Waals surface area contributed by atoms with Crippen molar-refractivity contribution in [1.82, 2.24) is 4.57 Å². The molecule has 1 atom stereocenters. The van der Waals surface area contributed by atoms with Crippen molar-refractivity contribution < 1.29 is 19.0 Å². The van der Waals surface area contributed by atoms with Crippen LogP contribution >= 0.6 is 11.3 Å². The number of carbonyl (C=O) groups is 1. The van der Waals surface area contributed by atoms with Gasteiger partial charge < -0.3 is 14.2 Å². The first-order valence-electron chi connectivity index (χ1n) is 12.4. The molecular weight excluding hydrogens is 488 g/mol. The third-order valence-corrected chi connectivity index (χ3v) is 7.19. The van der Waals surface area contributed by atoms with Gasteiger partial charge in [0.15, 0.2) is 16.3 Å². The Bertz CT molecular complexity index is 1510. The number of rotatable bonds is 8. The zero-order chi connectivity index (χ0) is 26.7. The molecule has 194 valence electrons. The number of benzene rings is 2. The highest BCUT2D eigenvalue weighted by Crippen LogP contribution is 2.32. The molecule has 0 amide bonds. The number of hydrogen-bond acceptors (Lipinski definition) is 7. The summed E-state index contributed by atoms with van der Waals surface area (Å²) in [4.78, 5) is 31.8. The van der Waals surface area contributed by atoms with Crippen molar-refractivity contribution in [2.24, 2.45) is 4.99 Å². The topological polar surface area (TPSA) is 79.1 Å². The van der Waals surface area contributed by atoms with Gasteiger partial charge in [-0.15, -0.1) is 0 Å². The standard InChI is InChI=1S/C29H32N2O5S/c1-7-35-22-14-9-19(15-23(22)36-8-2)16-24-27(32)31-26(21-12-10-20(11-13-21)17(3)4)25(28(33)34-6)18(5)30-29(31)37-24/h9-17,26H,7-8H2,1-6H3/b24-16-. The Morgan fingerprint density at radius 2 is 1.76 bits per heavy atom. The van der Waals surface area contributed by atoms with Crippen LogP contribution in [0.15, 0.2) is 63.5 Å². The fourth-order valence-electron chi connectivity index (χ4n) is 4.38. The van der Waals surface area contributed by atoms with E-state index < -0.39 is 12.0 Å². The highest BCUT2D eigenvalue weighted by Gasteiger charge is 2.33. The average molecular weight is 521 g/mol. The first kappa shape index (κ1) is 26.4. The lowest BCUT2D eigenvalue weighted by molar-refractivity contribution is -0.136. The number of esters is 1. The molecule has 1 aliphatic heterocycles. The van der Waals surface area contributed by atoms with Gasteiger partial charge in [0.05, 0.1) is 42.2 Å². The number of nitrogens with zero attached hydrogens (tertiary/aromatic N) is 2. The molecule has 7 nitrogen and oxygen atoms in total. The molecule has 2 heterocycles. The molecule has 0 spiro atoms. The van der Waals surface area contributed by atoms with Crippen LogP contribution in [0.1, 0.15) is 63.3 Å². The number of aromatic nitrogens is 1. The van der Waals surface area contributed by atoms with Gasteiger partial charge in [0.25, 0.3) is 5.56 Å². The van der Waals surface area contributed by atoms with Crippen LogP contribution in [0.5, 0.6) is 11.5 Å². The van der Waals surface area contributed by atoms with E-state index in [1.54, 1.807) is 11.5 Å². The van der Waals surface area contributed by atoms with Gasteiger partial charge in [-0.25, -0.2) is 9.79 Å². The minimum absolute atomic E-state index is 0.220. The lowest BCUT2D eigenvalue weighted by Crippen LogP contribution is -2.39. The molecule has 37 heavy (non-hydrogen) atoms. The Balaban J connectivity index is 1.88. The first-order chi connectivity index (χ1) is 17.8. The van der Waals surface area contributed by atoms with Crippen LogP contribution in [-0.4, -0.2) is 30.9 Å². The van der Waals surface area contributed by atoms with E-state index in [0.717, 1.165) is 11.1 Å². The van der Waals surface area contributed by atoms with Crippen LogP contribution in [0.25, 0.3) is 6.08 Å². The van der Waals surface area contributed by atoms with Gasteiger partial charge in [0.1, 0.15) is 0 Å². The maximum Gasteiger partial charge on any atom is 0.338 e. The predicted octanol–water partition coefficient (Wildman–Crippen LogP) is 4.33. The molecule has 4 rings (SSSR count). The molecule has 1 aromatic heterocycles. The molecule has 0 N–H and O–H groups in total. The monoisotopic (exact) mass is 520 g/mol. The van der Waals surface area contributed by atoms with Crippen LogP contribution in [0, 0.1) is 0 Å². The van der Waals surface area contributed by atoms with E-state index in [-0.39, 0.29) is 5.56 Å². The van der Waals surface area contributed by atoms with Crippen molar-refractivity contribution in [3.63, 3.8) is 0 Å². The molecule has 0 saturated heterocycles. The normalized spacial score (nSPS) is 15.4. The van der Waals surface area contributed by atoms with Gasteiger partial charge in [-0.3, -0.25) is 9.36 Å². The number of thiazole rings is 1. The zero-order valence-corrected chi connectivity index (χ0v) is 22.8. The van der Waals surface area contributed by atoms with E-state index in [9.17, 15) is 9.59 Å². The molecule has 0 aliphatic carbocycles. The molecule has 1 aliphatic rings. The molecular formula is C29H32N2O5S. The first-order valence-corrected chi connectivity index (χ1v) is 13.2. The Kier molecular flexibility index (Phi) is 7.97. The number of fused-ring (bicyclic) bond motifs is 1. The summed E-state index contributed by atoms with van der Waals surface area (Å²) in [6, 6.07) is 13.0. The second kappa shape index (κ2) is 11.2. The number of carbonyl (C=O) groups excluding carboxylic acids is 1. The van der Waals surface area contributed by atoms with Crippen molar-refractivity contribution >= 4 is 23.4 Å². The van der Waals surface area contributed by atoms with E-state index >= 15 is 0 Å². The highest BCUT2D eigenvalue weighted by molar-refractivity contribution is 7.07. The largest absolute Gasteiger partial charge is 0.490 e. The molecule has 2 aromatic carbocycles.